The average molecular weight is 416 g/mol. The summed E-state index contributed by atoms with van der Waals surface area (Å²) in [5.41, 5.74) is 1.85. The highest BCUT2D eigenvalue weighted by Crippen LogP contribution is 2.34. The molecule has 2 aromatic rings. The van der Waals surface area contributed by atoms with E-state index in [1.165, 1.54) is 5.56 Å². The molecular weight excluding hydrogens is 390 g/mol. The topological polar surface area (TPSA) is 54.9 Å². The Bertz CT molecular complexity index is 862. The van der Waals surface area contributed by atoms with E-state index in [2.05, 4.69) is 22.0 Å². The molecule has 0 aliphatic carbocycles. The lowest BCUT2D eigenvalue weighted by Gasteiger charge is -2.33. The van der Waals surface area contributed by atoms with Gasteiger partial charge < -0.3 is 19.3 Å². The quantitative estimate of drug-likeness (QED) is 0.763. The van der Waals surface area contributed by atoms with Crippen molar-refractivity contribution in [2.45, 2.75) is 18.8 Å². The van der Waals surface area contributed by atoms with Crippen molar-refractivity contribution in [1.82, 2.24) is 9.88 Å². The Balaban J connectivity index is 1.41. The van der Waals surface area contributed by atoms with E-state index in [1.54, 1.807) is 24.3 Å². The first-order chi connectivity index (χ1) is 14.2. The molecule has 2 saturated heterocycles. The van der Waals surface area contributed by atoms with Crippen molar-refractivity contribution in [2.24, 2.45) is 0 Å². The summed E-state index contributed by atoms with van der Waals surface area (Å²) < 4.78 is 10.7. The highest BCUT2D eigenvalue weighted by Gasteiger charge is 2.25. The number of methoxy groups -OCH3 is 1. The van der Waals surface area contributed by atoms with Crippen LogP contribution in [0.2, 0.25) is 5.02 Å². The first kappa shape index (κ1) is 20.0. The molecule has 2 aliphatic rings. The van der Waals surface area contributed by atoms with E-state index in [0.29, 0.717) is 42.8 Å². The number of piperidine rings is 1. The number of halogens is 1. The molecule has 29 heavy (non-hydrogen) atoms. The van der Waals surface area contributed by atoms with Crippen LogP contribution >= 0.6 is 11.6 Å². The van der Waals surface area contributed by atoms with Crippen LogP contribution in [0.4, 0.5) is 5.82 Å². The van der Waals surface area contributed by atoms with E-state index in [4.69, 9.17) is 21.1 Å². The van der Waals surface area contributed by atoms with E-state index in [-0.39, 0.29) is 5.91 Å². The number of ether oxygens (including phenoxy) is 2. The number of hydrogen-bond acceptors (Lipinski definition) is 5. The molecule has 0 spiro atoms. The van der Waals surface area contributed by atoms with Crippen LogP contribution in [-0.2, 0) is 4.74 Å². The standard InChI is InChI=1S/C22H26ClN3O3/c1-28-19-4-2-3-17(13-19)16-5-7-25(8-6-16)21-20(23)14-18(15-24-21)22(27)26-9-11-29-12-10-26/h2-4,13-16H,5-12H2,1H3. The van der Waals surface area contributed by atoms with E-state index in [9.17, 15) is 4.79 Å². The minimum Gasteiger partial charge on any atom is -0.497 e. The Hall–Kier alpha value is -2.31. The van der Waals surface area contributed by atoms with Crippen molar-refractivity contribution < 1.29 is 14.3 Å². The maximum Gasteiger partial charge on any atom is 0.255 e. The smallest absolute Gasteiger partial charge is 0.255 e. The molecule has 4 rings (SSSR count). The summed E-state index contributed by atoms with van der Waals surface area (Å²) in [5.74, 6) is 2.12. The predicted octanol–water partition coefficient (Wildman–Crippen LogP) is 3.60. The molecule has 0 bridgehead atoms. The first-order valence-corrected chi connectivity index (χ1v) is 10.4. The van der Waals surface area contributed by atoms with Crippen molar-refractivity contribution in [3.63, 3.8) is 0 Å². The molecule has 0 saturated carbocycles. The second kappa shape index (κ2) is 9.01. The first-order valence-electron chi connectivity index (χ1n) is 10.1. The van der Waals surface area contributed by atoms with E-state index >= 15 is 0 Å². The molecule has 6 nitrogen and oxygen atoms in total. The molecule has 0 N–H and O–H groups in total. The van der Waals surface area contributed by atoms with Crippen LogP contribution in [0, 0.1) is 0 Å². The van der Waals surface area contributed by atoms with Crippen molar-refractivity contribution in [2.75, 3.05) is 51.4 Å². The Labute approximate surface area is 176 Å². The zero-order chi connectivity index (χ0) is 20.2. The summed E-state index contributed by atoms with van der Waals surface area (Å²) in [5, 5.41) is 0.531. The number of anilines is 1. The fourth-order valence-electron chi connectivity index (χ4n) is 4.05. The molecule has 0 atom stereocenters. The molecular formula is C22H26ClN3O3. The second-order valence-corrected chi connectivity index (χ2v) is 7.88. The number of hydrogen-bond donors (Lipinski definition) is 0. The highest BCUT2D eigenvalue weighted by molar-refractivity contribution is 6.33. The van der Waals surface area contributed by atoms with E-state index < -0.39 is 0 Å². The number of carbonyl (C=O) groups excluding carboxylic acids is 1. The lowest BCUT2D eigenvalue weighted by molar-refractivity contribution is 0.0302. The van der Waals surface area contributed by atoms with Crippen LogP contribution in [0.1, 0.15) is 34.7 Å². The van der Waals surface area contributed by atoms with Crippen LogP contribution in [-0.4, -0.2) is 62.3 Å². The Morgan fingerprint density at radius 1 is 1.17 bits per heavy atom. The van der Waals surface area contributed by atoms with Crippen LogP contribution in [0.25, 0.3) is 0 Å². The minimum absolute atomic E-state index is 0.0361. The lowest BCUT2D eigenvalue weighted by Crippen LogP contribution is -2.40. The number of benzene rings is 1. The third kappa shape index (κ3) is 4.49. The van der Waals surface area contributed by atoms with Crippen molar-refractivity contribution >= 4 is 23.3 Å². The van der Waals surface area contributed by atoms with E-state index in [0.717, 1.165) is 37.5 Å². The average Bonchev–Trinajstić information content (AvgIpc) is 2.79. The summed E-state index contributed by atoms with van der Waals surface area (Å²) in [6.45, 7) is 4.13. The number of pyridine rings is 1. The minimum atomic E-state index is -0.0361. The summed E-state index contributed by atoms with van der Waals surface area (Å²) in [6, 6.07) is 10.1. The Kier molecular flexibility index (Phi) is 6.21. The Morgan fingerprint density at radius 3 is 2.62 bits per heavy atom. The third-order valence-corrected chi connectivity index (χ3v) is 6.00. The van der Waals surface area contributed by atoms with Gasteiger partial charge in [0.2, 0.25) is 0 Å². The van der Waals surface area contributed by atoms with Gasteiger partial charge in [0.15, 0.2) is 0 Å². The number of amides is 1. The molecule has 7 heteroatoms. The van der Waals surface area contributed by atoms with Gasteiger partial charge in [-0.1, -0.05) is 23.7 Å². The van der Waals surface area contributed by atoms with Gasteiger partial charge in [-0.2, -0.15) is 0 Å². The number of carbonyl (C=O) groups is 1. The number of rotatable bonds is 4. The lowest BCUT2D eigenvalue weighted by atomic mass is 9.89. The van der Waals surface area contributed by atoms with E-state index in [1.807, 2.05) is 12.1 Å². The molecule has 1 aromatic heterocycles. The van der Waals surface area contributed by atoms with Gasteiger partial charge in [-0.05, 0) is 42.5 Å². The third-order valence-electron chi connectivity index (χ3n) is 5.73. The highest BCUT2D eigenvalue weighted by atomic mass is 35.5. The van der Waals surface area contributed by atoms with Gasteiger partial charge in [0.1, 0.15) is 11.6 Å². The fraction of sp³-hybridized carbons (Fsp3) is 0.455. The molecule has 2 aliphatic heterocycles. The summed E-state index contributed by atoms with van der Waals surface area (Å²) in [6.07, 6.45) is 3.70. The maximum absolute atomic E-state index is 12.6. The van der Waals surface area contributed by atoms with Gasteiger partial charge in [0.25, 0.3) is 5.91 Å². The number of morpholine rings is 1. The normalized spacial score (nSPS) is 18.0. The van der Waals surface area contributed by atoms with Crippen molar-refractivity contribution in [3.8, 4) is 5.75 Å². The molecule has 154 valence electrons. The zero-order valence-corrected chi connectivity index (χ0v) is 17.4. The van der Waals surface area contributed by atoms with Gasteiger partial charge in [-0.15, -0.1) is 0 Å². The summed E-state index contributed by atoms with van der Waals surface area (Å²) in [7, 11) is 1.70. The SMILES string of the molecule is COc1cccc(C2CCN(c3ncc(C(=O)N4CCOCC4)cc3Cl)CC2)c1. The second-order valence-electron chi connectivity index (χ2n) is 7.47. The molecule has 2 fully saturated rings. The summed E-state index contributed by atoms with van der Waals surface area (Å²) in [4.78, 5) is 21.2. The van der Waals surface area contributed by atoms with Crippen molar-refractivity contribution in [1.29, 1.82) is 0 Å². The van der Waals surface area contributed by atoms with Gasteiger partial charge in [-0.3, -0.25) is 4.79 Å². The zero-order valence-electron chi connectivity index (χ0n) is 16.6. The molecule has 0 unspecified atom stereocenters. The number of nitrogens with zero attached hydrogens (tertiary/aromatic N) is 3. The Morgan fingerprint density at radius 2 is 1.93 bits per heavy atom. The maximum atomic E-state index is 12.6. The summed E-state index contributed by atoms with van der Waals surface area (Å²) >= 11 is 6.52. The largest absolute Gasteiger partial charge is 0.497 e. The van der Waals surface area contributed by atoms with Gasteiger partial charge in [0, 0.05) is 32.4 Å². The van der Waals surface area contributed by atoms with Gasteiger partial charge in [0.05, 0.1) is 30.9 Å². The van der Waals surface area contributed by atoms with Crippen LogP contribution < -0.4 is 9.64 Å². The molecule has 1 amide bonds. The number of aromatic nitrogens is 1. The predicted molar refractivity (Wildman–Crippen MR) is 113 cm³/mol. The van der Waals surface area contributed by atoms with Gasteiger partial charge in [-0.25, -0.2) is 4.98 Å². The van der Waals surface area contributed by atoms with Crippen molar-refractivity contribution in [3.05, 3.63) is 52.7 Å². The van der Waals surface area contributed by atoms with Crippen LogP contribution in [0.3, 0.4) is 0 Å². The molecule has 0 radical (unpaired) electrons. The van der Waals surface area contributed by atoms with Crippen LogP contribution in [0.15, 0.2) is 36.5 Å². The molecule has 3 heterocycles. The molecule has 1 aromatic carbocycles. The van der Waals surface area contributed by atoms with Crippen LogP contribution in [0.5, 0.6) is 5.75 Å². The van der Waals surface area contributed by atoms with Gasteiger partial charge >= 0.3 is 0 Å². The fourth-order valence-corrected chi connectivity index (χ4v) is 4.34. The monoisotopic (exact) mass is 415 g/mol.